The lowest BCUT2D eigenvalue weighted by Gasteiger charge is -2.11. The van der Waals surface area contributed by atoms with Crippen molar-refractivity contribution in [3.8, 4) is 0 Å². The molecule has 0 spiro atoms. The Morgan fingerprint density at radius 2 is 1.80 bits per heavy atom. The van der Waals surface area contributed by atoms with Gasteiger partial charge in [-0.3, -0.25) is 4.79 Å². The zero-order valence-electron chi connectivity index (χ0n) is 11.7. The smallest absolute Gasteiger partial charge is 0.195 e. The molecule has 0 radical (unpaired) electrons. The van der Waals surface area contributed by atoms with E-state index in [1.165, 1.54) is 18.2 Å². The number of nitrogens with two attached hydrogens (primary N) is 1. The molecule has 0 saturated heterocycles. The lowest BCUT2D eigenvalue weighted by atomic mass is 9.93. The van der Waals surface area contributed by atoms with Crippen LogP contribution in [0.1, 0.15) is 40.9 Å². The number of halogens is 1. The second-order valence-electron chi connectivity index (χ2n) is 4.76. The van der Waals surface area contributed by atoms with Crippen LogP contribution in [0.15, 0.2) is 36.4 Å². The van der Waals surface area contributed by atoms with Crippen molar-refractivity contribution in [1.29, 1.82) is 0 Å². The number of carbonyl (C=O) groups excluding carboxylic acids is 1. The van der Waals surface area contributed by atoms with Gasteiger partial charge in [-0.15, -0.1) is 0 Å². The van der Waals surface area contributed by atoms with Gasteiger partial charge in [0.15, 0.2) is 5.78 Å². The predicted molar refractivity (Wildman–Crippen MR) is 79.4 cm³/mol. The Labute approximate surface area is 118 Å². The Hall–Kier alpha value is -2.16. The van der Waals surface area contributed by atoms with Crippen LogP contribution in [-0.2, 0) is 12.8 Å². The third-order valence-electron chi connectivity index (χ3n) is 3.47. The fourth-order valence-corrected chi connectivity index (χ4v) is 2.23. The molecule has 0 unspecified atom stereocenters. The Balaban J connectivity index is 2.54. The lowest BCUT2D eigenvalue weighted by Crippen LogP contribution is -2.09. The summed E-state index contributed by atoms with van der Waals surface area (Å²) in [6.45, 7) is 4.03. The van der Waals surface area contributed by atoms with Crippen LogP contribution < -0.4 is 5.73 Å². The normalized spacial score (nSPS) is 10.6. The highest BCUT2D eigenvalue weighted by molar-refractivity contribution is 6.13. The highest BCUT2D eigenvalue weighted by atomic mass is 19.1. The zero-order chi connectivity index (χ0) is 14.7. The van der Waals surface area contributed by atoms with Gasteiger partial charge >= 0.3 is 0 Å². The van der Waals surface area contributed by atoms with Gasteiger partial charge in [0, 0.05) is 16.8 Å². The minimum atomic E-state index is -0.452. The quantitative estimate of drug-likeness (QED) is 0.679. The van der Waals surface area contributed by atoms with E-state index >= 15 is 0 Å². The van der Waals surface area contributed by atoms with E-state index in [4.69, 9.17) is 5.73 Å². The number of anilines is 1. The summed E-state index contributed by atoms with van der Waals surface area (Å²) in [5.74, 6) is -0.665. The molecule has 0 saturated carbocycles. The Bertz CT molecular complexity index is 649. The van der Waals surface area contributed by atoms with Crippen LogP contribution >= 0.6 is 0 Å². The summed E-state index contributed by atoms with van der Waals surface area (Å²) in [4.78, 5) is 12.6. The molecular weight excluding hydrogens is 253 g/mol. The van der Waals surface area contributed by atoms with Crippen LogP contribution in [0, 0.1) is 5.82 Å². The molecule has 2 aromatic carbocycles. The van der Waals surface area contributed by atoms with Crippen molar-refractivity contribution < 1.29 is 9.18 Å². The van der Waals surface area contributed by atoms with Crippen molar-refractivity contribution in [3.63, 3.8) is 0 Å². The number of ketones is 1. The zero-order valence-corrected chi connectivity index (χ0v) is 11.7. The van der Waals surface area contributed by atoms with Gasteiger partial charge in [-0.05, 0) is 48.2 Å². The number of hydrogen-bond acceptors (Lipinski definition) is 2. The van der Waals surface area contributed by atoms with E-state index in [1.54, 1.807) is 0 Å². The molecule has 0 bridgehead atoms. The van der Waals surface area contributed by atoms with Crippen molar-refractivity contribution in [1.82, 2.24) is 0 Å². The molecule has 0 heterocycles. The summed E-state index contributed by atoms with van der Waals surface area (Å²) in [5.41, 5.74) is 8.99. The molecule has 3 heteroatoms. The summed E-state index contributed by atoms with van der Waals surface area (Å²) in [6.07, 6.45) is 1.60. The fraction of sp³-hybridized carbons (Fsp3) is 0.235. The third kappa shape index (κ3) is 2.72. The summed E-state index contributed by atoms with van der Waals surface area (Å²) in [6, 6.07) is 9.75. The maximum Gasteiger partial charge on any atom is 0.195 e. The van der Waals surface area contributed by atoms with E-state index in [0.29, 0.717) is 11.3 Å². The molecule has 0 aliphatic heterocycles. The van der Waals surface area contributed by atoms with Crippen molar-refractivity contribution in [3.05, 3.63) is 64.5 Å². The molecule has 0 atom stereocenters. The second kappa shape index (κ2) is 5.87. The predicted octanol–water partition coefficient (Wildman–Crippen LogP) is 3.76. The van der Waals surface area contributed by atoms with Crippen molar-refractivity contribution in [2.45, 2.75) is 26.7 Å². The van der Waals surface area contributed by atoms with E-state index in [2.05, 4.69) is 0 Å². The van der Waals surface area contributed by atoms with Gasteiger partial charge in [0.1, 0.15) is 5.82 Å². The van der Waals surface area contributed by atoms with Crippen LogP contribution in [0.25, 0.3) is 0 Å². The summed E-state index contributed by atoms with van der Waals surface area (Å²) >= 11 is 0. The molecule has 2 nitrogen and oxygen atoms in total. The van der Waals surface area contributed by atoms with Crippen LogP contribution in [0.4, 0.5) is 10.1 Å². The van der Waals surface area contributed by atoms with Gasteiger partial charge in [0.2, 0.25) is 0 Å². The molecule has 2 rings (SSSR count). The van der Waals surface area contributed by atoms with Gasteiger partial charge in [-0.1, -0.05) is 26.0 Å². The Kier molecular flexibility index (Phi) is 4.18. The first-order valence-electron chi connectivity index (χ1n) is 6.78. The second-order valence-corrected chi connectivity index (χ2v) is 4.76. The first-order valence-corrected chi connectivity index (χ1v) is 6.78. The minimum absolute atomic E-state index is 0.214. The van der Waals surface area contributed by atoms with E-state index in [9.17, 15) is 9.18 Å². The number of rotatable bonds is 4. The van der Waals surface area contributed by atoms with E-state index in [1.807, 2.05) is 32.0 Å². The standard InChI is InChI=1S/C17H18FNO/c1-3-11-5-6-12(4-2)14(9-11)17(20)15-10-13(18)7-8-16(15)19/h5-10H,3-4,19H2,1-2H3. The van der Waals surface area contributed by atoms with Crippen LogP contribution in [0.2, 0.25) is 0 Å². The molecule has 0 aromatic heterocycles. The first kappa shape index (κ1) is 14.3. The highest BCUT2D eigenvalue weighted by Crippen LogP contribution is 2.22. The van der Waals surface area contributed by atoms with E-state index < -0.39 is 5.82 Å². The average molecular weight is 271 g/mol. The monoisotopic (exact) mass is 271 g/mol. The minimum Gasteiger partial charge on any atom is -0.398 e. The molecule has 2 N–H and O–H groups in total. The molecule has 0 amide bonds. The number of hydrogen-bond donors (Lipinski definition) is 1. The maximum absolute atomic E-state index is 13.3. The van der Waals surface area contributed by atoms with E-state index in [0.717, 1.165) is 24.0 Å². The molecule has 0 aliphatic carbocycles. The van der Waals surface area contributed by atoms with Gasteiger partial charge in [0.05, 0.1) is 0 Å². The molecule has 0 aliphatic rings. The maximum atomic E-state index is 13.3. The average Bonchev–Trinajstić information content (AvgIpc) is 2.48. The highest BCUT2D eigenvalue weighted by Gasteiger charge is 2.16. The molecule has 0 fully saturated rings. The van der Waals surface area contributed by atoms with Crippen molar-refractivity contribution in [2.75, 3.05) is 5.73 Å². The summed E-state index contributed by atoms with van der Waals surface area (Å²) in [7, 11) is 0. The lowest BCUT2D eigenvalue weighted by molar-refractivity contribution is 0.103. The first-order chi connectivity index (χ1) is 9.56. The fourth-order valence-electron chi connectivity index (χ4n) is 2.23. The van der Waals surface area contributed by atoms with Gasteiger partial charge in [0.25, 0.3) is 0 Å². The molecule has 104 valence electrons. The number of nitrogen functional groups attached to an aromatic ring is 1. The van der Waals surface area contributed by atoms with Crippen LogP contribution in [-0.4, -0.2) is 5.78 Å². The Morgan fingerprint density at radius 3 is 2.45 bits per heavy atom. The SMILES string of the molecule is CCc1ccc(CC)c(C(=O)c2cc(F)ccc2N)c1. The number of carbonyl (C=O) groups is 1. The summed E-state index contributed by atoms with van der Waals surface area (Å²) < 4.78 is 13.3. The molecule has 2 aromatic rings. The largest absolute Gasteiger partial charge is 0.398 e. The third-order valence-corrected chi connectivity index (χ3v) is 3.47. The van der Waals surface area contributed by atoms with Crippen molar-refractivity contribution in [2.24, 2.45) is 0 Å². The van der Waals surface area contributed by atoms with E-state index in [-0.39, 0.29) is 11.3 Å². The number of benzene rings is 2. The number of aryl methyl sites for hydroxylation is 2. The molecule has 20 heavy (non-hydrogen) atoms. The molecular formula is C17H18FNO. The summed E-state index contributed by atoms with van der Waals surface area (Å²) in [5, 5.41) is 0. The van der Waals surface area contributed by atoms with Gasteiger partial charge < -0.3 is 5.73 Å². The van der Waals surface area contributed by atoms with Crippen LogP contribution in [0.3, 0.4) is 0 Å². The Morgan fingerprint density at radius 1 is 1.05 bits per heavy atom. The van der Waals surface area contributed by atoms with Crippen molar-refractivity contribution >= 4 is 11.5 Å². The van der Waals surface area contributed by atoms with Crippen LogP contribution in [0.5, 0.6) is 0 Å². The topological polar surface area (TPSA) is 43.1 Å². The van der Waals surface area contributed by atoms with Gasteiger partial charge in [-0.25, -0.2) is 4.39 Å². The van der Waals surface area contributed by atoms with Gasteiger partial charge in [-0.2, -0.15) is 0 Å².